The van der Waals surface area contributed by atoms with Gasteiger partial charge in [-0.3, -0.25) is 0 Å². The van der Waals surface area contributed by atoms with E-state index in [0.717, 1.165) is 11.4 Å². The van der Waals surface area contributed by atoms with E-state index in [2.05, 4.69) is 0 Å². The highest BCUT2D eigenvalue weighted by Crippen LogP contribution is 2.09. The Morgan fingerprint density at radius 3 is 2.00 bits per heavy atom. The van der Waals surface area contributed by atoms with E-state index in [1.807, 2.05) is 27.9 Å². The number of halogens is 2. The first-order valence-corrected chi connectivity index (χ1v) is 5.83. The molecule has 3 aromatic rings. The Morgan fingerprint density at radius 1 is 0.789 bits per heavy atom. The second-order valence-corrected chi connectivity index (χ2v) is 4.18. The summed E-state index contributed by atoms with van der Waals surface area (Å²) in [6.07, 6.45) is 5.56. The highest BCUT2D eigenvalue weighted by atomic mass is 19.1. The van der Waals surface area contributed by atoms with Gasteiger partial charge in [-0.05, 0) is 48.5 Å². The second kappa shape index (κ2) is 4.65. The molecule has 0 radical (unpaired) electrons. The minimum Gasteiger partial charge on any atom is -0.207 e. The van der Waals surface area contributed by atoms with Gasteiger partial charge in [-0.15, -0.1) is 0 Å². The largest absolute Gasteiger partial charge is 0.254 e. The lowest BCUT2D eigenvalue weighted by Crippen LogP contribution is -2.27. The molecule has 2 aromatic carbocycles. The molecule has 1 aromatic heterocycles. The molecule has 0 amide bonds. The summed E-state index contributed by atoms with van der Waals surface area (Å²) in [7, 11) is 0. The monoisotopic (exact) mass is 257 g/mol. The minimum atomic E-state index is -0.262. The standard InChI is InChI=1S/C15H11F2N2/c16-12-1-5-14(6-2-12)18-9-10-19(11-18)15-7-3-13(17)4-8-15/h1-11H/q+1. The molecular formula is C15H11F2N2+. The number of hydrogen-bond donors (Lipinski definition) is 0. The molecule has 0 fully saturated rings. The van der Waals surface area contributed by atoms with Gasteiger partial charge in [-0.1, -0.05) is 0 Å². The summed E-state index contributed by atoms with van der Waals surface area (Å²) in [5, 5.41) is 0. The van der Waals surface area contributed by atoms with Gasteiger partial charge in [0, 0.05) is 0 Å². The summed E-state index contributed by atoms with van der Waals surface area (Å²) in [5.74, 6) is -0.523. The van der Waals surface area contributed by atoms with E-state index >= 15 is 0 Å². The average molecular weight is 257 g/mol. The number of benzene rings is 2. The van der Waals surface area contributed by atoms with Gasteiger partial charge in [-0.25, -0.2) is 17.9 Å². The van der Waals surface area contributed by atoms with Gasteiger partial charge in [0.15, 0.2) is 0 Å². The normalized spacial score (nSPS) is 10.6. The van der Waals surface area contributed by atoms with Gasteiger partial charge >= 0.3 is 0 Å². The number of imidazole rings is 1. The van der Waals surface area contributed by atoms with Crippen LogP contribution < -0.4 is 4.57 Å². The summed E-state index contributed by atoms with van der Waals surface area (Å²) in [5.41, 5.74) is 1.73. The van der Waals surface area contributed by atoms with Gasteiger partial charge in [0.1, 0.15) is 35.4 Å². The molecule has 0 saturated carbocycles. The van der Waals surface area contributed by atoms with Crippen LogP contribution in [0.3, 0.4) is 0 Å². The molecule has 0 spiro atoms. The van der Waals surface area contributed by atoms with Crippen molar-refractivity contribution in [2.45, 2.75) is 0 Å². The van der Waals surface area contributed by atoms with Crippen molar-refractivity contribution in [2.75, 3.05) is 0 Å². The van der Waals surface area contributed by atoms with Crippen LogP contribution in [0, 0.1) is 11.6 Å². The number of aromatic nitrogens is 2. The third-order valence-electron chi connectivity index (χ3n) is 2.89. The fourth-order valence-electron chi connectivity index (χ4n) is 1.89. The number of rotatable bonds is 2. The van der Waals surface area contributed by atoms with Crippen molar-refractivity contribution in [2.24, 2.45) is 0 Å². The Kier molecular flexibility index (Phi) is 2.83. The minimum absolute atomic E-state index is 0.262. The predicted octanol–water partition coefficient (Wildman–Crippen LogP) is 3.03. The van der Waals surface area contributed by atoms with Crippen molar-refractivity contribution in [3.8, 4) is 11.4 Å². The van der Waals surface area contributed by atoms with Crippen LogP contribution >= 0.6 is 0 Å². The first-order valence-electron chi connectivity index (χ1n) is 5.83. The lowest BCUT2D eigenvalue weighted by atomic mass is 10.3. The van der Waals surface area contributed by atoms with Crippen LogP contribution in [0.15, 0.2) is 67.3 Å². The molecule has 2 nitrogen and oxygen atoms in total. The second-order valence-electron chi connectivity index (χ2n) is 4.18. The summed E-state index contributed by atoms with van der Waals surface area (Å²) >= 11 is 0. The zero-order chi connectivity index (χ0) is 13.2. The predicted molar refractivity (Wildman–Crippen MR) is 67.2 cm³/mol. The van der Waals surface area contributed by atoms with Crippen LogP contribution in [0.4, 0.5) is 8.78 Å². The molecule has 0 aliphatic rings. The third-order valence-corrected chi connectivity index (χ3v) is 2.89. The van der Waals surface area contributed by atoms with E-state index in [1.165, 1.54) is 24.3 Å². The quantitative estimate of drug-likeness (QED) is 0.624. The molecule has 1 heterocycles. The smallest absolute Gasteiger partial charge is 0.207 e. The van der Waals surface area contributed by atoms with Crippen molar-refractivity contribution in [1.82, 2.24) is 4.57 Å². The van der Waals surface area contributed by atoms with Gasteiger partial charge in [0.25, 0.3) is 6.33 Å². The van der Waals surface area contributed by atoms with E-state index in [-0.39, 0.29) is 11.6 Å². The van der Waals surface area contributed by atoms with Crippen LogP contribution in [-0.4, -0.2) is 4.57 Å². The summed E-state index contributed by atoms with van der Waals surface area (Å²) in [6.45, 7) is 0. The zero-order valence-electron chi connectivity index (χ0n) is 10.0. The van der Waals surface area contributed by atoms with E-state index in [9.17, 15) is 8.78 Å². The Balaban J connectivity index is 1.95. The highest BCUT2D eigenvalue weighted by molar-refractivity contribution is 5.31. The maximum Gasteiger partial charge on any atom is 0.254 e. The Morgan fingerprint density at radius 2 is 1.37 bits per heavy atom. The molecule has 0 N–H and O–H groups in total. The maximum absolute atomic E-state index is 12.9. The topological polar surface area (TPSA) is 8.81 Å². The van der Waals surface area contributed by atoms with Crippen molar-refractivity contribution in [3.05, 3.63) is 78.9 Å². The van der Waals surface area contributed by atoms with Gasteiger partial charge < -0.3 is 0 Å². The van der Waals surface area contributed by atoms with E-state index in [0.29, 0.717) is 0 Å². The molecule has 3 rings (SSSR count). The molecule has 4 heteroatoms. The van der Waals surface area contributed by atoms with Crippen LogP contribution in [-0.2, 0) is 0 Å². The zero-order valence-corrected chi connectivity index (χ0v) is 10.0. The first kappa shape index (κ1) is 11.6. The Labute approximate surface area is 109 Å². The van der Waals surface area contributed by atoms with Crippen molar-refractivity contribution >= 4 is 0 Å². The summed E-state index contributed by atoms with van der Waals surface area (Å²) < 4.78 is 29.4. The molecule has 0 saturated heterocycles. The van der Waals surface area contributed by atoms with Crippen LogP contribution in [0.5, 0.6) is 0 Å². The van der Waals surface area contributed by atoms with E-state index in [4.69, 9.17) is 0 Å². The lowest BCUT2D eigenvalue weighted by Gasteiger charge is -1.96. The SMILES string of the molecule is Fc1ccc(-n2cc[n+](-c3ccc(F)cc3)c2)cc1. The lowest BCUT2D eigenvalue weighted by molar-refractivity contribution is -0.594. The van der Waals surface area contributed by atoms with Gasteiger partial charge in [-0.2, -0.15) is 0 Å². The molecule has 0 atom stereocenters. The fourth-order valence-corrected chi connectivity index (χ4v) is 1.89. The van der Waals surface area contributed by atoms with Crippen LogP contribution in [0.2, 0.25) is 0 Å². The molecule has 94 valence electrons. The van der Waals surface area contributed by atoms with Gasteiger partial charge in [0.2, 0.25) is 0 Å². The van der Waals surface area contributed by atoms with Crippen LogP contribution in [0.25, 0.3) is 11.4 Å². The summed E-state index contributed by atoms with van der Waals surface area (Å²) in [6, 6.07) is 12.5. The molecule has 19 heavy (non-hydrogen) atoms. The Hall–Kier alpha value is -2.49. The fraction of sp³-hybridized carbons (Fsp3) is 0. The molecule has 0 bridgehead atoms. The third kappa shape index (κ3) is 2.38. The highest BCUT2D eigenvalue weighted by Gasteiger charge is 2.08. The van der Waals surface area contributed by atoms with E-state index in [1.54, 1.807) is 24.3 Å². The van der Waals surface area contributed by atoms with E-state index < -0.39 is 0 Å². The molecule has 0 unspecified atom stereocenters. The maximum atomic E-state index is 12.9. The first-order chi connectivity index (χ1) is 9.22. The molecule has 0 aliphatic heterocycles. The molecular weight excluding hydrogens is 246 g/mol. The Bertz CT molecular complexity index is 625. The number of nitrogens with zero attached hydrogens (tertiary/aromatic N) is 2. The molecule has 0 aliphatic carbocycles. The van der Waals surface area contributed by atoms with Crippen molar-refractivity contribution in [1.29, 1.82) is 0 Å². The van der Waals surface area contributed by atoms with Crippen LogP contribution in [0.1, 0.15) is 0 Å². The number of hydrogen-bond acceptors (Lipinski definition) is 0. The average Bonchev–Trinajstić information content (AvgIpc) is 2.90. The summed E-state index contributed by atoms with van der Waals surface area (Å²) in [4.78, 5) is 0. The van der Waals surface area contributed by atoms with Crippen molar-refractivity contribution < 1.29 is 13.3 Å². The van der Waals surface area contributed by atoms with Crippen molar-refractivity contribution in [3.63, 3.8) is 0 Å². The van der Waals surface area contributed by atoms with Gasteiger partial charge in [0.05, 0.1) is 0 Å².